The molecule has 1 heterocycles. The summed E-state index contributed by atoms with van der Waals surface area (Å²) in [6, 6.07) is 3.04. The lowest BCUT2D eigenvalue weighted by atomic mass is 9.97. The molecule has 0 bridgehead atoms. The first kappa shape index (κ1) is 26.2. The number of alkyl halides is 3. The molecule has 0 amide bonds. The summed E-state index contributed by atoms with van der Waals surface area (Å²) in [6.07, 6.45) is -7.80. The molecule has 1 atom stereocenters. The van der Waals surface area contributed by atoms with Crippen LogP contribution in [0.1, 0.15) is 25.0 Å². The van der Waals surface area contributed by atoms with Crippen molar-refractivity contribution in [3.63, 3.8) is 0 Å². The number of aryl methyl sites for hydroxylation is 1. The van der Waals surface area contributed by atoms with Gasteiger partial charge in [-0.15, -0.1) is 10.1 Å². The third-order valence-electron chi connectivity index (χ3n) is 4.14. The van der Waals surface area contributed by atoms with Gasteiger partial charge < -0.3 is 23.8 Å². The number of nitrogens with zero attached hydrogens (tertiary/aromatic N) is 1. The first-order valence-corrected chi connectivity index (χ1v) is 9.98. The second kappa shape index (κ2) is 10.3. The summed E-state index contributed by atoms with van der Waals surface area (Å²) >= 11 is 3.22. The molecule has 0 saturated carbocycles. The van der Waals surface area contributed by atoms with Crippen LogP contribution >= 0.6 is 15.9 Å². The lowest BCUT2D eigenvalue weighted by molar-refractivity contribution is -0.760. The van der Waals surface area contributed by atoms with Crippen LogP contribution in [0.4, 0.5) is 18.0 Å². The van der Waals surface area contributed by atoms with E-state index in [1.54, 1.807) is 13.0 Å². The Morgan fingerprint density at radius 3 is 2.45 bits per heavy atom. The molecule has 1 aromatic rings. The van der Waals surface area contributed by atoms with Gasteiger partial charge in [0.25, 0.3) is 5.09 Å². The molecular formula is C19H19BrF3NO9. The summed E-state index contributed by atoms with van der Waals surface area (Å²) in [5.74, 6) is -1.44. The van der Waals surface area contributed by atoms with E-state index in [1.165, 1.54) is 19.9 Å². The monoisotopic (exact) mass is 541 g/mol. The SMILES string of the molecule is Cc1cc(Br)cc2c1OC(C(F)(F)F)C(C(=O)OCOC(=O)OCC(C)(C)CO[N+](=O)[O-])=C2. The van der Waals surface area contributed by atoms with Gasteiger partial charge >= 0.3 is 18.3 Å². The number of carbonyl (C=O) groups excluding carboxylic acids is 2. The van der Waals surface area contributed by atoms with Crippen LogP contribution in [-0.4, -0.2) is 49.5 Å². The quantitative estimate of drug-likeness (QED) is 0.204. The van der Waals surface area contributed by atoms with E-state index < -0.39 is 47.3 Å². The predicted octanol–water partition coefficient (Wildman–Crippen LogP) is 4.35. The molecule has 1 aliphatic rings. The van der Waals surface area contributed by atoms with Crippen LogP contribution in [0.25, 0.3) is 6.08 Å². The summed E-state index contributed by atoms with van der Waals surface area (Å²) < 4.78 is 60.0. The Bertz CT molecular complexity index is 963. The zero-order valence-corrected chi connectivity index (χ0v) is 19.2. The number of benzene rings is 1. The predicted molar refractivity (Wildman–Crippen MR) is 107 cm³/mol. The third kappa shape index (κ3) is 7.51. The molecule has 0 radical (unpaired) electrons. The first-order chi connectivity index (χ1) is 15.2. The highest BCUT2D eigenvalue weighted by Gasteiger charge is 2.49. The highest BCUT2D eigenvalue weighted by atomic mass is 79.9. The number of esters is 1. The van der Waals surface area contributed by atoms with Crippen molar-refractivity contribution in [2.24, 2.45) is 5.41 Å². The number of fused-ring (bicyclic) bond motifs is 1. The number of ether oxygens (including phenoxy) is 4. The Morgan fingerprint density at radius 1 is 1.18 bits per heavy atom. The van der Waals surface area contributed by atoms with Gasteiger partial charge in [0.15, 0.2) is 0 Å². The summed E-state index contributed by atoms with van der Waals surface area (Å²) in [5.41, 5.74) is -1.11. The molecule has 1 aliphatic heterocycles. The Morgan fingerprint density at radius 2 is 1.85 bits per heavy atom. The fourth-order valence-electron chi connectivity index (χ4n) is 2.64. The van der Waals surface area contributed by atoms with Crippen molar-refractivity contribution in [1.29, 1.82) is 0 Å². The number of carbonyl (C=O) groups is 2. The minimum atomic E-state index is -4.92. The molecule has 1 unspecified atom stereocenters. The zero-order chi connectivity index (χ0) is 25.0. The smallest absolute Gasteiger partial charge is 0.475 e. The van der Waals surface area contributed by atoms with Gasteiger partial charge in [-0.3, -0.25) is 0 Å². The van der Waals surface area contributed by atoms with Crippen LogP contribution in [0.2, 0.25) is 0 Å². The second-order valence-electron chi connectivity index (χ2n) is 7.67. The molecule has 0 fully saturated rings. The van der Waals surface area contributed by atoms with Crippen molar-refractivity contribution in [1.82, 2.24) is 0 Å². The molecule has 14 heteroatoms. The highest BCUT2D eigenvalue weighted by Crippen LogP contribution is 2.40. The van der Waals surface area contributed by atoms with E-state index in [-0.39, 0.29) is 24.5 Å². The summed E-state index contributed by atoms with van der Waals surface area (Å²) in [7, 11) is 0. The fourth-order valence-corrected chi connectivity index (χ4v) is 3.23. The Labute approximate surface area is 193 Å². The fraction of sp³-hybridized carbons (Fsp3) is 0.474. The number of halogens is 4. The average Bonchev–Trinajstić information content (AvgIpc) is 2.69. The van der Waals surface area contributed by atoms with Crippen LogP contribution in [0.3, 0.4) is 0 Å². The highest BCUT2D eigenvalue weighted by molar-refractivity contribution is 9.10. The third-order valence-corrected chi connectivity index (χ3v) is 4.60. The van der Waals surface area contributed by atoms with Crippen LogP contribution in [-0.2, 0) is 23.8 Å². The lowest BCUT2D eigenvalue weighted by Crippen LogP contribution is -2.41. The summed E-state index contributed by atoms with van der Waals surface area (Å²) in [4.78, 5) is 38.3. The molecule has 2 rings (SSSR count). The number of hydrogen-bond donors (Lipinski definition) is 0. The van der Waals surface area contributed by atoms with Gasteiger partial charge in [-0.1, -0.05) is 29.8 Å². The summed E-state index contributed by atoms with van der Waals surface area (Å²) in [6.45, 7) is 2.83. The topological polar surface area (TPSA) is 123 Å². The molecule has 0 aromatic heterocycles. The molecule has 0 aliphatic carbocycles. The van der Waals surface area contributed by atoms with E-state index in [9.17, 15) is 32.9 Å². The standard InChI is InChI=1S/C19H19BrF3NO9/c1-10-4-12(20)5-11-6-13(15(19(21,22)23)33-14(10)11)16(25)30-9-31-17(26)29-7-18(2,3)8-32-24(27)28/h4-6,15H,7-9H2,1-3H3. The molecular weight excluding hydrogens is 523 g/mol. The maximum Gasteiger partial charge on any atom is 0.511 e. The number of rotatable bonds is 8. The van der Waals surface area contributed by atoms with Crippen molar-refractivity contribution < 1.29 is 51.6 Å². The van der Waals surface area contributed by atoms with Crippen molar-refractivity contribution in [3.05, 3.63) is 43.4 Å². The molecule has 10 nitrogen and oxygen atoms in total. The van der Waals surface area contributed by atoms with Crippen LogP contribution < -0.4 is 4.74 Å². The van der Waals surface area contributed by atoms with Crippen LogP contribution in [0, 0.1) is 22.5 Å². The van der Waals surface area contributed by atoms with Crippen molar-refractivity contribution in [2.75, 3.05) is 20.0 Å². The number of hydrogen-bond acceptors (Lipinski definition) is 9. The van der Waals surface area contributed by atoms with Gasteiger partial charge in [-0.05, 0) is 30.7 Å². The van der Waals surface area contributed by atoms with E-state index >= 15 is 0 Å². The largest absolute Gasteiger partial charge is 0.511 e. The Hall–Kier alpha value is -3.03. The lowest BCUT2D eigenvalue weighted by Gasteiger charge is -2.29. The first-order valence-electron chi connectivity index (χ1n) is 9.19. The molecule has 182 valence electrons. The summed E-state index contributed by atoms with van der Waals surface area (Å²) in [5, 5.41) is 9.22. The van der Waals surface area contributed by atoms with Gasteiger partial charge in [0, 0.05) is 15.5 Å². The Balaban J connectivity index is 1.99. The van der Waals surface area contributed by atoms with E-state index in [0.717, 1.165) is 6.08 Å². The van der Waals surface area contributed by atoms with Crippen LogP contribution in [0.5, 0.6) is 5.75 Å². The zero-order valence-electron chi connectivity index (χ0n) is 17.6. The Kier molecular flexibility index (Phi) is 8.16. The molecule has 0 N–H and O–H groups in total. The van der Waals surface area contributed by atoms with E-state index in [1.807, 2.05) is 0 Å². The van der Waals surface area contributed by atoms with Crippen molar-refractivity contribution in [3.8, 4) is 5.75 Å². The second-order valence-corrected chi connectivity index (χ2v) is 8.59. The van der Waals surface area contributed by atoms with Gasteiger partial charge in [0.05, 0.1) is 5.57 Å². The molecule has 33 heavy (non-hydrogen) atoms. The minimum Gasteiger partial charge on any atom is -0.475 e. The van der Waals surface area contributed by atoms with E-state index in [0.29, 0.717) is 10.0 Å². The van der Waals surface area contributed by atoms with E-state index in [4.69, 9.17) is 9.47 Å². The average molecular weight is 542 g/mol. The minimum absolute atomic E-state index is 0.0272. The molecule has 0 spiro atoms. The van der Waals surface area contributed by atoms with Crippen molar-refractivity contribution in [2.45, 2.75) is 33.1 Å². The van der Waals surface area contributed by atoms with E-state index in [2.05, 4.69) is 30.2 Å². The maximum atomic E-state index is 13.5. The van der Waals surface area contributed by atoms with Crippen LogP contribution in [0.15, 0.2) is 22.2 Å². The van der Waals surface area contributed by atoms with Gasteiger partial charge in [-0.2, -0.15) is 13.2 Å². The van der Waals surface area contributed by atoms with Crippen molar-refractivity contribution >= 4 is 34.1 Å². The van der Waals surface area contributed by atoms with Gasteiger partial charge in [0.2, 0.25) is 12.9 Å². The van der Waals surface area contributed by atoms with Gasteiger partial charge in [-0.25, -0.2) is 9.59 Å². The maximum absolute atomic E-state index is 13.5. The van der Waals surface area contributed by atoms with Gasteiger partial charge in [0.1, 0.15) is 19.0 Å². The normalized spacial score (nSPS) is 15.5. The molecule has 0 saturated heterocycles. The molecule has 1 aromatic carbocycles.